The number of hydrogen-bond acceptors (Lipinski definition) is 3. The molecule has 1 atom stereocenters. The molecule has 1 unspecified atom stereocenters. The maximum atomic E-state index is 4.27. The van der Waals surface area contributed by atoms with Gasteiger partial charge in [0.05, 0.1) is 11.6 Å². The lowest BCUT2D eigenvalue weighted by Gasteiger charge is -2.02. The van der Waals surface area contributed by atoms with Gasteiger partial charge in [-0.25, -0.2) is 9.97 Å². The Labute approximate surface area is 74.4 Å². The Balaban J connectivity index is 2.23. The number of fused-ring (bicyclic) bond motifs is 3. The number of aromatic nitrogens is 2. The van der Waals surface area contributed by atoms with E-state index in [9.17, 15) is 0 Å². The molecule has 0 amide bonds. The Morgan fingerprint density at radius 1 is 1.42 bits per heavy atom. The Hall–Kier alpha value is -1.09. The van der Waals surface area contributed by atoms with Crippen LogP contribution in [0, 0.1) is 0 Å². The summed E-state index contributed by atoms with van der Waals surface area (Å²) in [6.07, 6.45) is 7.86. The van der Waals surface area contributed by atoms with Gasteiger partial charge >= 0.3 is 0 Å². The zero-order valence-corrected chi connectivity index (χ0v) is 7.08. The van der Waals surface area contributed by atoms with Gasteiger partial charge < -0.3 is 0 Å². The molecule has 0 bridgehead atoms. The fraction of sp³-hybridized carbons (Fsp3) is 0.111. The maximum absolute atomic E-state index is 4.27. The van der Waals surface area contributed by atoms with Crippen LogP contribution < -0.4 is 0 Å². The molecular weight excluding hydrogens is 168 g/mol. The van der Waals surface area contributed by atoms with Gasteiger partial charge in [0.1, 0.15) is 6.33 Å². The highest BCUT2D eigenvalue weighted by atomic mass is 32.2. The van der Waals surface area contributed by atoms with Gasteiger partial charge in [0.25, 0.3) is 0 Å². The summed E-state index contributed by atoms with van der Waals surface area (Å²) >= 11 is 1.78. The molecule has 0 saturated heterocycles. The van der Waals surface area contributed by atoms with Gasteiger partial charge in [0, 0.05) is 16.7 Å². The molecule has 12 heavy (non-hydrogen) atoms. The first kappa shape index (κ1) is 6.43. The molecule has 0 spiro atoms. The van der Waals surface area contributed by atoms with Crippen LogP contribution in [0.25, 0.3) is 6.08 Å². The predicted octanol–water partition coefficient (Wildman–Crippen LogP) is 2.18. The van der Waals surface area contributed by atoms with Gasteiger partial charge in [-0.2, -0.15) is 0 Å². The van der Waals surface area contributed by atoms with E-state index in [0.717, 1.165) is 5.69 Å². The SMILES string of the molecule is C1=CC2C(=Cc3cncnc32)S1. The quantitative estimate of drug-likeness (QED) is 0.603. The molecule has 2 nitrogen and oxygen atoms in total. The van der Waals surface area contributed by atoms with E-state index in [1.807, 2.05) is 6.20 Å². The van der Waals surface area contributed by atoms with Crippen molar-refractivity contribution in [2.45, 2.75) is 5.92 Å². The van der Waals surface area contributed by atoms with Crippen molar-refractivity contribution in [1.29, 1.82) is 0 Å². The van der Waals surface area contributed by atoms with Crippen molar-refractivity contribution in [2.75, 3.05) is 0 Å². The summed E-state index contributed by atoms with van der Waals surface area (Å²) in [6, 6.07) is 0. The standard InChI is InChI=1S/C9H6N2S/c1-2-12-8-3-6-4-10-5-11-9(6)7(1)8/h1-5,7H. The lowest BCUT2D eigenvalue weighted by molar-refractivity contribution is 0.980. The third-order valence-electron chi connectivity index (χ3n) is 2.15. The molecule has 2 aliphatic rings. The van der Waals surface area contributed by atoms with Crippen LogP contribution in [0.5, 0.6) is 0 Å². The van der Waals surface area contributed by atoms with Crippen molar-refractivity contribution < 1.29 is 0 Å². The van der Waals surface area contributed by atoms with E-state index in [-0.39, 0.29) is 0 Å². The van der Waals surface area contributed by atoms with Crippen LogP contribution >= 0.6 is 11.8 Å². The third-order valence-corrected chi connectivity index (χ3v) is 3.08. The summed E-state index contributed by atoms with van der Waals surface area (Å²) < 4.78 is 0. The fourth-order valence-corrected chi connectivity index (χ4v) is 2.51. The number of nitrogens with zero attached hydrogens (tertiary/aromatic N) is 2. The minimum absolute atomic E-state index is 0.424. The molecule has 0 N–H and O–H groups in total. The third kappa shape index (κ3) is 0.716. The van der Waals surface area contributed by atoms with E-state index in [1.165, 1.54) is 10.5 Å². The second-order valence-electron chi connectivity index (χ2n) is 2.83. The summed E-state index contributed by atoms with van der Waals surface area (Å²) in [4.78, 5) is 9.65. The maximum Gasteiger partial charge on any atom is 0.115 e. The molecule has 58 valence electrons. The Morgan fingerprint density at radius 2 is 2.42 bits per heavy atom. The van der Waals surface area contributed by atoms with Gasteiger partial charge in [-0.05, 0) is 11.5 Å². The highest BCUT2D eigenvalue weighted by Gasteiger charge is 2.27. The highest BCUT2D eigenvalue weighted by molar-refractivity contribution is 8.06. The number of rotatable bonds is 0. The van der Waals surface area contributed by atoms with Crippen LogP contribution in [0.4, 0.5) is 0 Å². The summed E-state index contributed by atoms with van der Waals surface area (Å²) in [7, 11) is 0. The van der Waals surface area contributed by atoms with Gasteiger partial charge in [0.15, 0.2) is 0 Å². The van der Waals surface area contributed by atoms with E-state index >= 15 is 0 Å². The van der Waals surface area contributed by atoms with Gasteiger partial charge in [-0.1, -0.05) is 6.08 Å². The van der Waals surface area contributed by atoms with Crippen LogP contribution in [0.3, 0.4) is 0 Å². The zero-order chi connectivity index (χ0) is 7.97. The number of thioether (sulfide) groups is 1. The topological polar surface area (TPSA) is 25.8 Å². The van der Waals surface area contributed by atoms with Gasteiger partial charge in [0.2, 0.25) is 0 Å². The molecule has 2 heterocycles. The molecule has 0 radical (unpaired) electrons. The summed E-state index contributed by atoms with van der Waals surface area (Å²) in [6.45, 7) is 0. The van der Waals surface area contributed by atoms with Crippen molar-refractivity contribution in [3.05, 3.63) is 40.2 Å². The summed E-state index contributed by atoms with van der Waals surface area (Å²) in [5.74, 6) is 0.424. The van der Waals surface area contributed by atoms with Crippen molar-refractivity contribution >= 4 is 17.8 Å². The second kappa shape index (κ2) is 2.20. The number of allylic oxidation sites excluding steroid dienone is 2. The molecule has 1 aromatic rings. The summed E-state index contributed by atoms with van der Waals surface area (Å²) in [5.41, 5.74) is 2.33. The van der Waals surface area contributed by atoms with Crippen LogP contribution in [0.15, 0.2) is 28.9 Å². The minimum Gasteiger partial charge on any atom is -0.244 e. The van der Waals surface area contributed by atoms with Crippen molar-refractivity contribution in [3.63, 3.8) is 0 Å². The van der Waals surface area contributed by atoms with Crippen LogP contribution in [-0.4, -0.2) is 9.97 Å². The van der Waals surface area contributed by atoms with E-state index in [0.29, 0.717) is 5.92 Å². The van der Waals surface area contributed by atoms with E-state index in [4.69, 9.17) is 0 Å². The van der Waals surface area contributed by atoms with Crippen LogP contribution in [0.2, 0.25) is 0 Å². The normalized spacial score (nSPS) is 23.7. The molecule has 1 aliphatic carbocycles. The molecule has 1 aromatic heterocycles. The van der Waals surface area contributed by atoms with E-state index in [1.54, 1.807) is 18.1 Å². The van der Waals surface area contributed by atoms with Crippen LogP contribution in [0.1, 0.15) is 17.2 Å². The monoisotopic (exact) mass is 174 g/mol. The Morgan fingerprint density at radius 3 is 3.42 bits per heavy atom. The Kier molecular flexibility index (Phi) is 1.18. The van der Waals surface area contributed by atoms with E-state index < -0.39 is 0 Å². The van der Waals surface area contributed by atoms with Crippen molar-refractivity contribution in [3.8, 4) is 0 Å². The van der Waals surface area contributed by atoms with Crippen molar-refractivity contribution in [2.24, 2.45) is 0 Å². The zero-order valence-electron chi connectivity index (χ0n) is 6.27. The molecule has 3 rings (SSSR count). The highest BCUT2D eigenvalue weighted by Crippen LogP contribution is 2.46. The largest absolute Gasteiger partial charge is 0.244 e. The molecule has 0 aromatic carbocycles. The predicted molar refractivity (Wildman–Crippen MR) is 49.5 cm³/mol. The lowest BCUT2D eigenvalue weighted by atomic mass is 10.1. The molecule has 3 heteroatoms. The fourth-order valence-electron chi connectivity index (χ4n) is 1.59. The van der Waals surface area contributed by atoms with E-state index in [2.05, 4.69) is 27.5 Å². The van der Waals surface area contributed by atoms with Crippen LogP contribution in [-0.2, 0) is 0 Å². The Bertz CT molecular complexity index is 395. The van der Waals surface area contributed by atoms with Gasteiger partial charge in [-0.3, -0.25) is 0 Å². The van der Waals surface area contributed by atoms with Crippen molar-refractivity contribution in [1.82, 2.24) is 9.97 Å². The molecular formula is C9H6N2S. The first-order valence-corrected chi connectivity index (χ1v) is 4.68. The summed E-state index contributed by atoms with van der Waals surface area (Å²) in [5, 5.41) is 2.13. The average molecular weight is 174 g/mol. The first-order chi connectivity index (χ1) is 5.95. The smallest absolute Gasteiger partial charge is 0.115 e. The minimum atomic E-state index is 0.424. The number of hydrogen-bond donors (Lipinski definition) is 0. The lowest BCUT2D eigenvalue weighted by Crippen LogP contribution is -1.94. The first-order valence-electron chi connectivity index (χ1n) is 3.80. The second-order valence-corrected chi connectivity index (χ2v) is 3.81. The molecule has 0 fully saturated rings. The molecule has 1 aliphatic heterocycles. The van der Waals surface area contributed by atoms with Gasteiger partial charge in [-0.15, -0.1) is 11.8 Å². The average Bonchev–Trinajstić information content (AvgIpc) is 2.62. The molecule has 0 saturated carbocycles.